The van der Waals surface area contributed by atoms with E-state index in [0.717, 1.165) is 11.6 Å². The lowest BCUT2D eigenvalue weighted by molar-refractivity contribution is -0.141. The quantitative estimate of drug-likeness (QED) is 0.911. The fourth-order valence-electron chi connectivity index (χ4n) is 1.44. The van der Waals surface area contributed by atoms with Crippen molar-refractivity contribution in [3.8, 4) is 0 Å². The van der Waals surface area contributed by atoms with Crippen molar-refractivity contribution in [2.75, 3.05) is 0 Å². The second-order valence-corrected chi connectivity index (χ2v) is 3.76. The molecule has 0 aliphatic heterocycles. The summed E-state index contributed by atoms with van der Waals surface area (Å²) in [6, 6.07) is 4.45. The van der Waals surface area contributed by atoms with Gasteiger partial charge in [0.1, 0.15) is 0 Å². The first-order valence-electron chi connectivity index (χ1n) is 5.23. The van der Waals surface area contributed by atoms with E-state index in [1.807, 2.05) is 0 Å². The number of hydrogen-bond acceptors (Lipinski definition) is 3. The monoisotopic (exact) mass is 256 g/mol. The second kappa shape index (κ2) is 4.77. The Kier molecular flexibility index (Phi) is 3.33. The number of alkyl halides is 3. The molecule has 0 saturated carbocycles. The summed E-state index contributed by atoms with van der Waals surface area (Å²) in [5.74, 6) is 0. The zero-order chi connectivity index (χ0) is 13.2. The van der Waals surface area contributed by atoms with E-state index in [0.29, 0.717) is 12.2 Å². The van der Waals surface area contributed by atoms with Crippen molar-refractivity contribution in [3.63, 3.8) is 0 Å². The lowest BCUT2D eigenvalue weighted by Gasteiger charge is -2.03. The molecule has 0 radical (unpaired) electrons. The van der Waals surface area contributed by atoms with Gasteiger partial charge in [-0.1, -0.05) is 6.07 Å². The Morgan fingerprint density at radius 2 is 2.00 bits per heavy atom. The molecule has 0 fully saturated rings. The fraction of sp³-hybridized carbons (Fsp3) is 0.273. The molecule has 0 aliphatic rings. The first-order valence-corrected chi connectivity index (χ1v) is 5.23. The molecule has 0 saturated heterocycles. The first-order chi connectivity index (χ1) is 8.49. The van der Waals surface area contributed by atoms with E-state index in [9.17, 15) is 13.2 Å². The molecule has 2 aromatic rings. The highest BCUT2D eigenvalue weighted by molar-refractivity contribution is 5.14. The molecule has 0 bridgehead atoms. The van der Waals surface area contributed by atoms with Crippen molar-refractivity contribution in [2.24, 2.45) is 5.73 Å². The molecule has 0 aromatic carbocycles. The molecule has 0 unspecified atom stereocenters. The van der Waals surface area contributed by atoms with Gasteiger partial charge < -0.3 is 5.73 Å². The number of nitrogens with two attached hydrogens (primary N) is 1. The average Bonchev–Trinajstić information content (AvgIpc) is 2.78. The minimum absolute atomic E-state index is 0.195. The number of aromatic nitrogens is 3. The largest absolute Gasteiger partial charge is 0.435 e. The van der Waals surface area contributed by atoms with E-state index in [1.165, 1.54) is 10.9 Å². The van der Waals surface area contributed by atoms with Gasteiger partial charge in [0.25, 0.3) is 0 Å². The second-order valence-electron chi connectivity index (χ2n) is 3.76. The average molecular weight is 256 g/mol. The molecule has 0 aliphatic carbocycles. The van der Waals surface area contributed by atoms with Crippen LogP contribution >= 0.6 is 0 Å². The van der Waals surface area contributed by atoms with E-state index in [-0.39, 0.29) is 6.54 Å². The van der Waals surface area contributed by atoms with Crippen LogP contribution in [0.3, 0.4) is 0 Å². The SMILES string of the molecule is NCc1ccc(Cn2ccc(C(F)(F)F)n2)nc1. The number of hydrogen-bond donors (Lipinski definition) is 1. The van der Waals surface area contributed by atoms with E-state index < -0.39 is 11.9 Å². The molecule has 7 heteroatoms. The summed E-state index contributed by atoms with van der Waals surface area (Å²) in [5, 5.41) is 3.45. The Balaban J connectivity index is 2.11. The van der Waals surface area contributed by atoms with Gasteiger partial charge in [0.2, 0.25) is 0 Å². The highest BCUT2D eigenvalue weighted by Gasteiger charge is 2.33. The van der Waals surface area contributed by atoms with E-state index in [2.05, 4.69) is 10.1 Å². The van der Waals surface area contributed by atoms with Crippen LogP contribution in [-0.2, 0) is 19.3 Å². The number of pyridine rings is 1. The molecular weight excluding hydrogens is 245 g/mol. The van der Waals surface area contributed by atoms with Gasteiger partial charge in [-0.2, -0.15) is 18.3 Å². The minimum atomic E-state index is -4.41. The predicted molar refractivity (Wildman–Crippen MR) is 58.5 cm³/mol. The summed E-state index contributed by atoms with van der Waals surface area (Å²) in [7, 11) is 0. The molecule has 18 heavy (non-hydrogen) atoms. The number of halogens is 3. The number of rotatable bonds is 3. The summed E-state index contributed by atoms with van der Waals surface area (Å²) in [6.45, 7) is 0.578. The highest BCUT2D eigenvalue weighted by atomic mass is 19.4. The molecular formula is C11H11F3N4. The maximum atomic E-state index is 12.3. The topological polar surface area (TPSA) is 56.7 Å². The Morgan fingerprint density at radius 3 is 2.50 bits per heavy atom. The van der Waals surface area contributed by atoms with Crippen molar-refractivity contribution in [1.82, 2.24) is 14.8 Å². The third-order valence-corrected chi connectivity index (χ3v) is 2.38. The van der Waals surface area contributed by atoms with Gasteiger partial charge in [0.15, 0.2) is 5.69 Å². The molecule has 0 atom stereocenters. The molecule has 2 N–H and O–H groups in total. The van der Waals surface area contributed by atoms with Gasteiger partial charge in [-0.25, -0.2) is 0 Å². The van der Waals surface area contributed by atoms with Gasteiger partial charge >= 0.3 is 6.18 Å². The molecule has 0 amide bonds. The molecule has 2 aromatic heterocycles. The van der Waals surface area contributed by atoms with Gasteiger partial charge in [-0.15, -0.1) is 0 Å². The Labute approximate surface area is 101 Å². The summed E-state index contributed by atoms with van der Waals surface area (Å²) in [4.78, 5) is 4.09. The Bertz CT molecular complexity index is 516. The van der Waals surface area contributed by atoms with Crippen LogP contribution in [-0.4, -0.2) is 14.8 Å². The van der Waals surface area contributed by atoms with Crippen LogP contribution in [0.2, 0.25) is 0 Å². The summed E-state index contributed by atoms with van der Waals surface area (Å²) >= 11 is 0. The van der Waals surface area contributed by atoms with Crippen LogP contribution in [0.4, 0.5) is 13.2 Å². The van der Waals surface area contributed by atoms with E-state index in [1.54, 1.807) is 18.3 Å². The van der Waals surface area contributed by atoms with Crippen LogP contribution in [0.25, 0.3) is 0 Å². The summed E-state index contributed by atoms with van der Waals surface area (Å²) in [6.07, 6.45) is -1.53. The van der Waals surface area contributed by atoms with Crippen molar-refractivity contribution in [3.05, 3.63) is 47.5 Å². The highest BCUT2D eigenvalue weighted by Crippen LogP contribution is 2.27. The molecule has 96 valence electrons. The van der Waals surface area contributed by atoms with E-state index in [4.69, 9.17) is 5.73 Å². The van der Waals surface area contributed by atoms with Crippen LogP contribution in [0.5, 0.6) is 0 Å². The van der Waals surface area contributed by atoms with Crippen LogP contribution < -0.4 is 5.73 Å². The fourth-order valence-corrected chi connectivity index (χ4v) is 1.44. The predicted octanol–water partition coefficient (Wildman–Crippen LogP) is 1.80. The minimum Gasteiger partial charge on any atom is -0.326 e. The first kappa shape index (κ1) is 12.6. The van der Waals surface area contributed by atoms with Gasteiger partial charge in [-0.05, 0) is 17.7 Å². The van der Waals surface area contributed by atoms with E-state index >= 15 is 0 Å². The molecule has 4 nitrogen and oxygen atoms in total. The zero-order valence-electron chi connectivity index (χ0n) is 9.35. The van der Waals surface area contributed by atoms with Crippen molar-refractivity contribution in [2.45, 2.75) is 19.3 Å². The lowest BCUT2D eigenvalue weighted by atomic mass is 10.2. The van der Waals surface area contributed by atoms with Gasteiger partial charge in [-0.3, -0.25) is 9.67 Å². The maximum Gasteiger partial charge on any atom is 0.435 e. The molecule has 0 spiro atoms. The molecule has 2 heterocycles. The molecule has 2 rings (SSSR count). The maximum absolute atomic E-state index is 12.3. The van der Waals surface area contributed by atoms with Crippen molar-refractivity contribution >= 4 is 0 Å². The zero-order valence-corrected chi connectivity index (χ0v) is 9.35. The summed E-state index contributed by atoms with van der Waals surface area (Å²) < 4.78 is 38.2. The normalized spacial score (nSPS) is 11.8. The number of nitrogens with zero attached hydrogens (tertiary/aromatic N) is 3. The third kappa shape index (κ3) is 2.86. The Morgan fingerprint density at radius 1 is 1.22 bits per heavy atom. The standard InChI is InChI=1S/C11H11F3N4/c12-11(13,14)10-3-4-18(17-10)7-9-2-1-8(5-15)6-16-9/h1-4,6H,5,7,15H2. The van der Waals surface area contributed by atoms with Crippen LogP contribution in [0, 0.1) is 0 Å². The third-order valence-electron chi connectivity index (χ3n) is 2.38. The van der Waals surface area contributed by atoms with Crippen molar-refractivity contribution < 1.29 is 13.2 Å². The van der Waals surface area contributed by atoms with Gasteiger partial charge in [0, 0.05) is 18.9 Å². The van der Waals surface area contributed by atoms with Crippen molar-refractivity contribution in [1.29, 1.82) is 0 Å². The smallest absolute Gasteiger partial charge is 0.326 e. The van der Waals surface area contributed by atoms with Gasteiger partial charge in [0.05, 0.1) is 12.2 Å². The lowest BCUT2D eigenvalue weighted by Crippen LogP contribution is -2.09. The summed E-state index contributed by atoms with van der Waals surface area (Å²) in [5.41, 5.74) is 6.02. The Hall–Kier alpha value is -1.89. The van der Waals surface area contributed by atoms with Crippen LogP contribution in [0.15, 0.2) is 30.6 Å². The van der Waals surface area contributed by atoms with Crippen LogP contribution in [0.1, 0.15) is 17.0 Å².